The number of aliphatic hydroxyl groups is 1. The first-order chi connectivity index (χ1) is 9.58. The summed E-state index contributed by atoms with van der Waals surface area (Å²) >= 11 is 0. The largest absolute Gasteiger partial charge is 0.395 e. The summed E-state index contributed by atoms with van der Waals surface area (Å²) in [6.45, 7) is 6.74. The predicted octanol–water partition coefficient (Wildman–Crippen LogP) is 1.46. The molecule has 1 rings (SSSR count). The predicted molar refractivity (Wildman–Crippen MR) is 82.2 cm³/mol. The Morgan fingerprint density at radius 2 is 2.10 bits per heavy atom. The molecule has 2 amide bonds. The van der Waals surface area contributed by atoms with Crippen molar-refractivity contribution < 1.29 is 9.90 Å². The third-order valence-electron chi connectivity index (χ3n) is 3.19. The number of urea groups is 1. The van der Waals surface area contributed by atoms with Gasteiger partial charge < -0.3 is 20.2 Å². The Hall–Kier alpha value is -1.75. The van der Waals surface area contributed by atoms with Gasteiger partial charge in [-0.1, -0.05) is 12.1 Å². The molecule has 0 aliphatic rings. The van der Waals surface area contributed by atoms with Crippen molar-refractivity contribution >= 4 is 11.7 Å². The number of carbonyl (C=O) groups is 1. The quantitative estimate of drug-likeness (QED) is 0.794. The topological polar surface area (TPSA) is 55.8 Å². The third kappa shape index (κ3) is 5.09. The number of aryl methyl sites for hydroxylation is 1. The minimum Gasteiger partial charge on any atom is -0.395 e. The Morgan fingerprint density at radius 1 is 1.35 bits per heavy atom. The summed E-state index contributed by atoms with van der Waals surface area (Å²) in [6, 6.07) is 8.18. The van der Waals surface area contributed by atoms with E-state index >= 15 is 0 Å². The number of nitrogens with zero attached hydrogens (tertiary/aromatic N) is 2. The molecule has 1 aromatic rings. The van der Waals surface area contributed by atoms with Crippen LogP contribution in [-0.2, 0) is 0 Å². The zero-order chi connectivity index (χ0) is 15.0. The van der Waals surface area contributed by atoms with Crippen LogP contribution in [-0.4, -0.2) is 55.9 Å². The smallest absolute Gasteiger partial charge is 0.317 e. The summed E-state index contributed by atoms with van der Waals surface area (Å²) in [5, 5.41) is 11.6. The number of aliphatic hydroxyl groups excluding tert-OH is 1. The van der Waals surface area contributed by atoms with E-state index in [4.69, 9.17) is 5.11 Å². The van der Waals surface area contributed by atoms with Gasteiger partial charge in [-0.25, -0.2) is 4.79 Å². The number of amides is 2. The van der Waals surface area contributed by atoms with E-state index in [0.29, 0.717) is 13.1 Å². The maximum Gasteiger partial charge on any atom is 0.317 e. The molecule has 5 heteroatoms. The van der Waals surface area contributed by atoms with Crippen LogP contribution in [0.4, 0.5) is 10.5 Å². The molecule has 0 heterocycles. The molecule has 0 radical (unpaired) electrons. The second kappa shape index (κ2) is 8.43. The normalized spacial score (nSPS) is 10.2. The van der Waals surface area contributed by atoms with E-state index in [1.165, 1.54) is 16.2 Å². The highest BCUT2D eigenvalue weighted by Gasteiger charge is 2.08. The van der Waals surface area contributed by atoms with Crippen molar-refractivity contribution in [1.82, 2.24) is 10.2 Å². The monoisotopic (exact) mass is 279 g/mol. The molecule has 0 unspecified atom stereocenters. The summed E-state index contributed by atoms with van der Waals surface area (Å²) in [4.78, 5) is 15.4. The molecule has 0 aliphatic heterocycles. The van der Waals surface area contributed by atoms with Gasteiger partial charge in [0.1, 0.15) is 0 Å². The maximum atomic E-state index is 11.7. The minimum atomic E-state index is -0.153. The summed E-state index contributed by atoms with van der Waals surface area (Å²) in [5.74, 6) is 0. The summed E-state index contributed by atoms with van der Waals surface area (Å²) in [6.07, 6.45) is 0. The highest BCUT2D eigenvalue weighted by Crippen LogP contribution is 2.14. The molecule has 20 heavy (non-hydrogen) atoms. The molecular weight excluding hydrogens is 254 g/mol. The number of benzene rings is 1. The van der Waals surface area contributed by atoms with Crippen LogP contribution in [0.15, 0.2) is 24.3 Å². The molecule has 0 aliphatic carbocycles. The van der Waals surface area contributed by atoms with Gasteiger partial charge in [0, 0.05) is 38.9 Å². The number of hydrogen-bond acceptors (Lipinski definition) is 3. The zero-order valence-electron chi connectivity index (χ0n) is 12.6. The average molecular weight is 279 g/mol. The Bertz CT molecular complexity index is 423. The molecule has 2 N–H and O–H groups in total. The fourth-order valence-corrected chi connectivity index (χ4v) is 1.98. The van der Waals surface area contributed by atoms with Crippen molar-refractivity contribution in [2.75, 3.05) is 44.7 Å². The maximum absolute atomic E-state index is 11.7. The van der Waals surface area contributed by atoms with E-state index in [-0.39, 0.29) is 12.6 Å². The van der Waals surface area contributed by atoms with E-state index < -0.39 is 0 Å². The van der Waals surface area contributed by atoms with E-state index in [9.17, 15) is 4.79 Å². The van der Waals surface area contributed by atoms with Gasteiger partial charge in [0.25, 0.3) is 0 Å². The molecule has 0 spiro atoms. The van der Waals surface area contributed by atoms with Crippen molar-refractivity contribution in [1.29, 1.82) is 0 Å². The molecule has 0 aromatic heterocycles. The van der Waals surface area contributed by atoms with Crippen molar-refractivity contribution in [3.63, 3.8) is 0 Å². The highest BCUT2D eigenvalue weighted by atomic mass is 16.3. The number of nitrogens with one attached hydrogen (secondary N) is 1. The lowest BCUT2D eigenvalue weighted by molar-refractivity contribution is 0.191. The van der Waals surface area contributed by atoms with Gasteiger partial charge in [0.2, 0.25) is 0 Å². The van der Waals surface area contributed by atoms with Gasteiger partial charge in [0.15, 0.2) is 0 Å². The van der Waals surface area contributed by atoms with E-state index in [2.05, 4.69) is 42.3 Å². The summed E-state index contributed by atoms with van der Waals surface area (Å²) in [5.41, 5.74) is 2.40. The SMILES string of the molecule is CCN(CCNC(=O)N(C)CCO)c1cccc(C)c1. The molecule has 0 fully saturated rings. The first-order valence-electron chi connectivity index (χ1n) is 7.00. The lowest BCUT2D eigenvalue weighted by atomic mass is 10.2. The van der Waals surface area contributed by atoms with Gasteiger partial charge >= 0.3 is 6.03 Å². The Morgan fingerprint density at radius 3 is 2.70 bits per heavy atom. The summed E-state index contributed by atoms with van der Waals surface area (Å²) in [7, 11) is 1.67. The number of carbonyl (C=O) groups excluding carboxylic acids is 1. The van der Waals surface area contributed by atoms with Crippen LogP contribution in [0.3, 0.4) is 0 Å². The van der Waals surface area contributed by atoms with Crippen LogP contribution in [0.5, 0.6) is 0 Å². The van der Waals surface area contributed by atoms with E-state index in [1.807, 2.05) is 6.07 Å². The average Bonchev–Trinajstić information content (AvgIpc) is 2.43. The first kappa shape index (κ1) is 16.3. The Kier molecular flexibility index (Phi) is 6.87. The molecule has 112 valence electrons. The van der Waals surface area contributed by atoms with Gasteiger partial charge in [-0.05, 0) is 31.5 Å². The van der Waals surface area contributed by atoms with Crippen LogP contribution in [0.2, 0.25) is 0 Å². The van der Waals surface area contributed by atoms with Crippen LogP contribution in [0.1, 0.15) is 12.5 Å². The van der Waals surface area contributed by atoms with Crippen molar-refractivity contribution in [3.05, 3.63) is 29.8 Å². The Balaban J connectivity index is 2.44. The van der Waals surface area contributed by atoms with E-state index in [1.54, 1.807) is 7.05 Å². The number of hydrogen-bond donors (Lipinski definition) is 2. The van der Waals surface area contributed by atoms with Crippen molar-refractivity contribution in [2.45, 2.75) is 13.8 Å². The van der Waals surface area contributed by atoms with Crippen LogP contribution in [0, 0.1) is 6.92 Å². The lowest BCUT2D eigenvalue weighted by Crippen LogP contribution is -2.42. The second-order valence-corrected chi connectivity index (χ2v) is 4.80. The third-order valence-corrected chi connectivity index (χ3v) is 3.19. The molecule has 0 bridgehead atoms. The molecule has 0 saturated carbocycles. The fourth-order valence-electron chi connectivity index (χ4n) is 1.98. The number of anilines is 1. The van der Waals surface area contributed by atoms with Gasteiger partial charge in [-0.2, -0.15) is 0 Å². The Labute approximate surface area is 121 Å². The van der Waals surface area contributed by atoms with Gasteiger partial charge in [-0.3, -0.25) is 0 Å². The van der Waals surface area contributed by atoms with Crippen LogP contribution >= 0.6 is 0 Å². The second-order valence-electron chi connectivity index (χ2n) is 4.80. The molecular formula is C15H25N3O2. The molecule has 5 nitrogen and oxygen atoms in total. The molecule has 1 aromatic carbocycles. The van der Waals surface area contributed by atoms with E-state index in [0.717, 1.165) is 13.1 Å². The minimum absolute atomic E-state index is 0.0195. The van der Waals surface area contributed by atoms with Crippen molar-refractivity contribution in [3.8, 4) is 0 Å². The van der Waals surface area contributed by atoms with Crippen molar-refractivity contribution in [2.24, 2.45) is 0 Å². The van der Waals surface area contributed by atoms with Gasteiger partial charge in [-0.15, -0.1) is 0 Å². The standard InChI is InChI=1S/C15H25N3O2/c1-4-18(14-7-5-6-13(2)12-14)9-8-16-15(20)17(3)10-11-19/h5-7,12,19H,4,8-11H2,1-3H3,(H,16,20). The lowest BCUT2D eigenvalue weighted by Gasteiger charge is -2.24. The first-order valence-corrected chi connectivity index (χ1v) is 7.00. The van der Waals surface area contributed by atoms with Crippen LogP contribution in [0.25, 0.3) is 0 Å². The number of rotatable bonds is 7. The van der Waals surface area contributed by atoms with Gasteiger partial charge in [0.05, 0.1) is 6.61 Å². The fraction of sp³-hybridized carbons (Fsp3) is 0.533. The molecule has 0 atom stereocenters. The highest BCUT2D eigenvalue weighted by molar-refractivity contribution is 5.73. The molecule has 0 saturated heterocycles. The van der Waals surface area contributed by atoms with Crippen LogP contribution < -0.4 is 10.2 Å². The number of likely N-dealkylation sites (N-methyl/N-ethyl adjacent to an activating group) is 2. The summed E-state index contributed by atoms with van der Waals surface area (Å²) < 4.78 is 0. The zero-order valence-corrected chi connectivity index (χ0v) is 12.6.